The zero-order valence-electron chi connectivity index (χ0n) is 10.9. The molecular formula is C14H13N3OS2. The van der Waals surface area contributed by atoms with Crippen LogP contribution in [0.1, 0.15) is 11.4 Å². The highest BCUT2D eigenvalue weighted by Gasteiger charge is 2.24. The molecule has 1 saturated heterocycles. The van der Waals surface area contributed by atoms with E-state index < -0.39 is 0 Å². The molecule has 2 aromatic rings. The lowest BCUT2D eigenvalue weighted by Gasteiger charge is -2.25. The number of nitrogens with zero attached hydrogens (tertiary/aromatic N) is 3. The highest BCUT2D eigenvalue weighted by atomic mass is 32.1. The number of carbonyl (C=O) groups is 1. The molecule has 6 heteroatoms. The van der Waals surface area contributed by atoms with E-state index in [2.05, 4.69) is 14.9 Å². The molecule has 102 valence electrons. The van der Waals surface area contributed by atoms with Crippen molar-refractivity contribution in [3.8, 4) is 0 Å². The van der Waals surface area contributed by atoms with E-state index in [9.17, 15) is 4.79 Å². The topological polar surface area (TPSA) is 46.1 Å². The molecule has 4 nitrogen and oxygen atoms in total. The van der Waals surface area contributed by atoms with Crippen LogP contribution in [0.4, 0.5) is 0 Å². The Morgan fingerprint density at radius 3 is 1.95 bits per heavy atom. The van der Waals surface area contributed by atoms with Gasteiger partial charge in [0.2, 0.25) is 0 Å². The fourth-order valence-electron chi connectivity index (χ4n) is 2.15. The van der Waals surface area contributed by atoms with Crippen molar-refractivity contribution < 1.29 is 4.79 Å². The van der Waals surface area contributed by atoms with Crippen molar-refractivity contribution in [1.29, 1.82) is 0 Å². The van der Waals surface area contributed by atoms with Crippen molar-refractivity contribution in [3.05, 3.63) is 44.3 Å². The molecule has 0 amide bonds. The van der Waals surface area contributed by atoms with Crippen LogP contribution in [0.5, 0.6) is 0 Å². The van der Waals surface area contributed by atoms with Crippen LogP contribution >= 0.6 is 22.7 Å². The number of likely N-dealkylation sites (tertiary alicyclic amines) is 1. The van der Waals surface area contributed by atoms with Crippen LogP contribution < -0.4 is 0 Å². The van der Waals surface area contributed by atoms with E-state index in [-0.39, 0.29) is 5.78 Å². The van der Waals surface area contributed by atoms with E-state index in [0.29, 0.717) is 13.1 Å². The first-order chi connectivity index (χ1) is 9.72. The number of carbonyl (C=O) groups excluding carboxylic acids is 1. The molecule has 3 rings (SSSR count). The molecule has 0 unspecified atom stereocenters. The number of Topliss-reactive ketones (excluding diaryl/α,β-unsaturated/α-hetero) is 1. The fourth-order valence-corrected chi connectivity index (χ4v) is 3.18. The zero-order valence-corrected chi connectivity index (χ0v) is 12.6. The highest BCUT2D eigenvalue weighted by Crippen LogP contribution is 2.21. The number of rotatable bonds is 2. The van der Waals surface area contributed by atoms with Gasteiger partial charge in [0, 0.05) is 35.0 Å². The minimum absolute atomic E-state index is 0.101. The second-order valence-corrected chi connectivity index (χ2v) is 6.10. The molecular weight excluding hydrogens is 290 g/mol. The maximum atomic E-state index is 12.5. The molecule has 0 aromatic carbocycles. The quantitative estimate of drug-likeness (QED) is 0.800. The third kappa shape index (κ3) is 2.92. The average Bonchev–Trinajstić information content (AvgIpc) is 3.08. The van der Waals surface area contributed by atoms with E-state index in [0.717, 1.165) is 22.5 Å². The van der Waals surface area contributed by atoms with Gasteiger partial charge in [0.05, 0.1) is 22.4 Å². The molecule has 0 radical (unpaired) electrons. The van der Waals surface area contributed by atoms with Crippen LogP contribution in [-0.2, 0) is 4.79 Å². The van der Waals surface area contributed by atoms with Crippen molar-refractivity contribution in [2.24, 2.45) is 0 Å². The van der Waals surface area contributed by atoms with Gasteiger partial charge in [0.25, 0.3) is 0 Å². The van der Waals surface area contributed by atoms with Crippen molar-refractivity contribution >= 4 is 40.6 Å². The number of likely N-dealkylation sites (N-methyl/N-ethyl adjacent to an activating group) is 1. The summed E-state index contributed by atoms with van der Waals surface area (Å²) in [6.07, 6.45) is 3.76. The van der Waals surface area contributed by atoms with Gasteiger partial charge < -0.3 is 0 Å². The fraction of sp³-hybridized carbons (Fsp3) is 0.214. The highest BCUT2D eigenvalue weighted by molar-refractivity contribution is 7.07. The van der Waals surface area contributed by atoms with E-state index in [1.807, 2.05) is 30.0 Å². The molecule has 0 aliphatic carbocycles. The molecule has 0 spiro atoms. The number of hydrogen-bond acceptors (Lipinski definition) is 6. The summed E-state index contributed by atoms with van der Waals surface area (Å²) in [7, 11) is 2.01. The molecule has 1 aliphatic rings. The molecule has 0 N–H and O–H groups in total. The summed E-state index contributed by atoms with van der Waals surface area (Å²) in [6, 6.07) is 0. The summed E-state index contributed by atoms with van der Waals surface area (Å²) in [6.45, 7) is 1.32. The van der Waals surface area contributed by atoms with Crippen molar-refractivity contribution in [2.45, 2.75) is 0 Å². The third-order valence-corrected chi connectivity index (χ3v) is 4.22. The predicted molar refractivity (Wildman–Crippen MR) is 82.7 cm³/mol. The summed E-state index contributed by atoms with van der Waals surface area (Å²) in [5.41, 5.74) is 6.81. The maximum absolute atomic E-state index is 12.5. The van der Waals surface area contributed by atoms with Crippen LogP contribution in [0.25, 0.3) is 12.2 Å². The SMILES string of the molecule is CN1C/C(=C\c2cscn2)C(=O)/C(=C/c2cscn2)C1. The van der Waals surface area contributed by atoms with Gasteiger partial charge in [-0.2, -0.15) is 0 Å². The maximum Gasteiger partial charge on any atom is 0.187 e. The number of piperidine rings is 1. The van der Waals surface area contributed by atoms with Gasteiger partial charge in [0.1, 0.15) is 0 Å². The molecule has 0 atom stereocenters. The summed E-state index contributed by atoms with van der Waals surface area (Å²) >= 11 is 3.06. The average molecular weight is 303 g/mol. The normalized spacial score (nSPS) is 20.9. The monoisotopic (exact) mass is 303 g/mol. The van der Waals surface area contributed by atoms with Gasteiger partial charge in [0.15, 0.2) is 5.78 Å². The summed E-state index contributed by atoms with van der Waals surface area (Å²) in [4.78, 5) is 23.1. The second kappa shape index (κ2) is 5.78. The minimum Gasteiger partial charge on any atom is -0.298 e. The van der Waals surface area contributed by atoms with Crippen LogP contribution in [-0.4, -0.2) is 40.8 Å². The Kier molecular flexibility index (Phi) is 3.86. The Morgan fingerprint density at radius 1 is 1.05 bits per heavy atom. The first kappa shape index (κ1) is 13.4. The first-order valence-corrected chi connectivity index (χ1v) is 8.01. The van der Waals surface area contributed by atoms with Gasteiger partial charge in [-0.05, 0) is 19.2 Å². The third-order valence-electron chi connectivity index (χ3n) is 3.01. The van der Waals surface area contributed by atoms with E-state index >= 15 is 0 Å². The number of ketones is 1. The molecule has 20 heavy (non-hydrogen) atoms. The molecule has 3 heterocycles. The van der Waals surface area contributed by atoms with Gasteiger partial charge >= 0.3 is 0 Å². The molecule has 1 aliphatic heterocycles. The summed E-state index contributed by atoms with van der Waals surface area (Å²) in [5.74, 6) is 0.101. The summed E-state index contributed by atoms with van der Waals surface area (Å²) in [5, 5.41) is 3.89. The molecule has 2 aromatic heterocycles. The van der Waals surface area contributed by atoms with E-state index in [1.165, 1.54) is 22.7 Å². The molecule has 0 bridgehead atoms. The van der Waals surface area contributed by atoms with E-state index in [1.54, 1.807) is 11.0 Å². The minimum atomic E-state index is 0.101. The Labute approximate surface area is 125 Å². The predicted octanol–water partition coefficient (Wildman–Crippen LogP) is 2.58. The second-order valence-electron chi connectivity index (χ2n) is 4.67. The number of hydrogen-bond donors (Lipinski definition) is 0. The summed E-state index contributed by atoms with van der Waals surface area (Å²) < 4.78 is 0. The molecule has 0 saturated carbocycles. The lowest BCUT2D eigenvalue weighted by Crippen LogP contribution is -2.34. The van der Waals surface area contributed by atoms with Gasteiger partial charge in [-0.1, -0.05) is 0 Å². The van der Waals surface area contributed by atoms with E-state index in [4.69, 9.17) is 0 Å². The van der Waals surface area contributed by atoms with Crippen LogP contribution in [0.15, 0.2) is 32.9 Å². The van der Waals surface area contributed by atoms with Crippen molar-refractivity contribution in [1.82, 2.24) is 14.9 Å². The standard InChI is InChI=1S/C14H13N3OS2/c1-17-4-10(2-12-6-19-8-15-12)14(18)11(5-17)3-13-7-20-9-16-13/h2-3,6-9H,4-5H2,1H3/b10-2+,11-3+. The first-order valence-electron chi connectivity index (χ1n) is 6.13. The van der Waals surface area contributed by atoms with Crippen LogP contribution in [0, 0.1) is 0 Å². The lowest BCUT2D eigenvalue weighted by molar-refractivity contribution is -0.113. The largest absolute Gasteiger partial charge is 0.298 e. The lowest BCUT2D eigenvalue weighted by atomic mass is 9.96. The van der Waals surface area contributed by atoms with Gasteiger partial charge in [-0.25, -0.2) is 9.97 Å². The van der Waals surface area contributed by atoms with Crippen LogP contribution in [0.2, 0.25) is 0 Å². The van der Waals surface area contributed by atoms with Crippen LogP contribution in [0.3, 0.4) is 0 Å². The number of aromatic nitrogens is 2. The Morgan fingerprint density at radius 2 is 1.55 bits per heavy atom. The zero-order chi connectivity index (χ0) is 13.9. The Bertz CT molecular complexity index is 600. The van der Waals surface area contributed by atoms with Crippen molar-refractivity contribution in [3.63, 3.8) is 0 Å². The Balaban J connectivity index is 1.92. The number of thiazole rings is 2. The molecule has 1 fully saturated rings. The van der Waals surface area contributed by atoms with Crippen molar-refractivity contribution in [2.75, 3.05) is 20.1 Å². The van der Waals surface area contributed by atoms with Gasteiger partial charge in [-0.3, -0.25) is 9.69 Å². The Hall–Kier alpha value is -1.63. The smallest absolute Gasteiger partial charge is 0.187 e. The van der Waals surface area contributed by atoms with Gasteiger partial charge in [-0.15, -0.1) is 22.7 Å².